The SMILES string of the molecule is CNC1CCCc2cn(CCC(C)C)cc21. The molecule has 1 N–H and O–H groups in total. The molecular formula is C14H24N2. The van der Waals surface area contributed by atoms with Crippen LogP contribution in [0.3, 0.4) is 0 Å². The standard InChI is InChI=1S/C14H24N2/c1-11(2)7-8-16-9-12-5-4-6-14(15-3)13(12)10-16/h9-11,14-15H,4-8H2,1-3H3. The molecule has 0 spiro atoms. The van der Waals surface area contributed by atoms with E-state index in [1.54, 1.807) is 5.56 Å². The zero-order chi connectivity index (χ0) is 11.5. The third kappa shape index (κ3) is 2.49. The van der Waals surface area contributed by atoms with E-state index in [0.29, 0.717) is 6.04 Å². The molecule has 1 aromatic heterocycles. The molecule has 90 valence electrons. The molecule has 0 amide bonds. The van der Waals surface area contributed by atoms with E-state index in [9.17, 15) is 0 Å². The van der Waals surface area contributed by atoms with Gasteiger partial charge in [-0.3, -0.25) is 0 Å². The van der Waals surface area contributed by atoms with Crippen molar-refractivity contribution in [3.05, 3.63) is 23.5 Å². The molecule has 0 aliphatic heterocycles. The minimum atomic E-state index is 0.587. The van der Waals surface area contributed by atoms with Gasteiger partial charge < -0.3 is 9.88 Å². The summed E-state index contributed by atoms with van der Waals surface area (Å²) in [6, 6.07) is 0.587. The number of aryl methyl sites for hydroxylation is 2. The predicted octanol–water partition coefficient (Wildman–Crippen LogP) is 3.13. The van der Waals surface area contributed by atoms with E-state index in [2.05, 4.69) is 43.2 Å². The Hall–Kier alpha value is -0.760. The van der Waals surface area contributed by atoms with Crippen molar-refractivity contribution in [1.82, 2.24) is 9.88 Å². The van der Waals surface area contributed by atoms with E-state index in [4.69, 9.17) is 0 Å². The molecule has 1 unspecified atom stereocenters. The molecule has 0 saturated carbocycles. The second kappa shape index (κ2) is 5.05. The highest BCUT2D eigenvalue weighted by Gasteiger charge is 2.20. The van der Waals surface area contributed by atoms with Crippen LogP contribution in [0.2, 0.25) is 0 Å². The number of nitrogens with one attached hydrogen (secondary N) is 1. The molecule has 1 aromatic rings. The van der Waals surface area contributed by atoms with Crippen LogP contribution in [0, 0.1) is 5.92 Å². The van der Waals surface area contributed by atoms with Gasteiger partial charge in [0.25, 0.3) is 0 Å². The first kappa shape index (κ1) is 11.7. The summed E-state index contributed by atoms with van der Waals surface area (Å²) >= 11 is 0. The van der Waals surface area contributed by atoms with Crippen LogP contribution in [0.5, 0.6) is 0 Å². The lowest BCUT2D eigenvalue weighted by Gasteiger charge is -2.21. The Labute approximate surface area is 99.0 Å². The maximum Gasteiger partial charge on any atom is 0.0335 e. The van der Waals surface area contributed by atoms with E-state index < -0.39 is 0 Å². The highest BCUT2D eigenvalue weighted by atomic mass is 15.0. The van der Waals surface area contributed by atoms with Gasteiger partial charge in [0.05, 0.1) is 0 Å². The van der Waals surface area contributed by atoms with E-state index >= 15 is 0 Å². The van der Waals surface area contributed by atoms with Crippen molar-refractivity contribution in [1.29, 1.82) is 0 Å². The number of hydrogen-bond acceptors (Lipinski definition) is 1. The number of nitrogens with zero attached hydrogens (tertiary/aromatic N) is 1. The molecule has 0 radical (unpaired) electrons. The average molecular weight is 220 g/mol. The van der Waals surface area contributed by atoms with Gasteiger partial charge in [-0.05, 0) is 49.8 Å². The smallest absolute Gasteiger partial charge is 0.0335 e. The Morgan fingerprint density at radius 1 is 1.44 bits per heavy atom. The lowest BCUT2D eigenvalue weighted by atomic mass is 9.91. The molecule has 1 heterocycles. The zero-order valence-corrected chi connectivity index (χ0v) is 10.8. The number of hydrogen-bond donors (Lipinski definition) is 1. The van der Waals surface area contributed by atoms with Crippen molar-refractivity contribution in [2.24, 2.45) is 5.92 Å². The molecule has 2 nitrogen and oxygen atoms in total. The monoisotopic (exact) mass is 220 g/mol. The Bertz CT molecular complexity index is 339. The maximum absolute atomic E-state index is 3.42. The van der Waals surface area contributed by atoms with Crippen molar-refractivity contribution in [3.63, 3.8) is 0 Å². The second-order valence-corrected chi connectivity index (χ2v) is 5.39. The van der Waals surface area contributed by atoms with Gasteiger partial charge in [0, 0.05) is 25.0 Å². The largest absolute Gasteiger partial charge is 0.354 e. The Kier molecular flexibility index (Phi) is 3.70. The highest BCUT2D eigenvalue weighted by molar-refractivity contribution is 5.30. The first-order valence-electron chi connectivity index (χ1n) is 6.56. The van der Waals surface area contributed by atoms with Crippen LogP contribution in [0.15, 0.2) is 12.4 Å². The summed E-state index contributed by atoms with van der Waals surface area (Å²) in [6.45, 7) is 5.75. The molecule has 16 heavy (non-hydrogen) atoms. The fourth-order valence-electron chi connectivity index (χ4n) is 2.58. The van der Waals surface area contributed by atoms with E-state index in [-0.39, 0.29) is 0 Å². The van der Waals surface area contributed by atoms with Gasteiger partial charge in [0.1, 0.15) is 0 Å². The molecule has 0 bridgehead atoms. The number of fused-ring (bicyclic) bond motifs is 1. The Morgan fingerprint density at radius 2 is 2.25 bits per heavy atom. The summed E-state index contributed by atoms with van der Waals surface area (Å²) in [4.78, 5) is 0. The Balaban J connectivity index is 2.09. The van der Waals surface area contributed by atoms with Gasteiger partial charge in [-0.1, -0.05) is 13.8 Å². The van der Waals surface area contributed by atoms with Crippen LogP contribution in [0.4, 0.5) is 0 Å². The summed E-state index contributed by atoms with van der Waals surface area (Å²) in [6.07, 6.45) is 9.88. The van der Waals surface area contributed by atoms with Gasteiger partial charge in [-0.15, -0.1) is 0 Å². The molecule has 1 atom stereocenters. The van der Waals surface area contributed by atoms with Crippen molar-refractivity contribution < 1.29 is 0 Å². The van der Waals surface area contributed by atoms with E-state index in [0.717, 1.165) is 5.92 Å². The fraction of sp³-hybridized carbons (Fsp3) is 0.714. The zero-order valence-electron chi connectivity index (χ0n) is 10.8. The topological polar surface area (TPSA) is 17.0 Å². The predicted molar refractivity (Wildman–Crippen MR) is 68.6 cm³/mol. The molecule has 2 rings (SSSR count). The van der Waals surface area contributed by atoms with Gasteiger partial charge in [0.15, 0.2) is 0 Å². The normalized spacial score (nSPS) is 20.1. The molecule has 0 fully saturated rings. The summed E-state index contributed by atoms with van der Waals surface area (Å²) in [5.41, 5.74) is 3.10. The summed E-state index contributed by atoms with van der Waals surface area (Å²) in [7, 11) is 2.07. The van der Waals surface area contributed by atoms with Crippen LogP contribution in [-0.2, 0) is 13.0 Å². The highest BCUT2D eigenvalue weighted by Crippen LogP contribution is 2.30. The molecule has 2 heteroatoms. The van der Waals surface area contributed by atoms with Crippen LogP contribution >= 0.6 is 0 Å². The van der Waals surface area contributed by atoms with E-state index in [1.807, 2.05) is 0 Å². The van der Waals surface area contributed by atoms with Crippen molar-refractivity contribution in [2.45, 2.75) is 52.1 Å². The third-order valence-electron chi connectivity index (χ3n) is 3.62. The molecule has 1 aliphatic carbocycles. The maximum atomic E-state index is 3.42. The second-order valence-electron chi connectivity index (χ2n) is 5.39. The van der Waals surface area contributed by atoms with Gasteiger partial charge in [0.2, 0.25) is 0 Å². The van der Waals surface area contributed by atoms with Crippen molar-refractivity contribution in [3.8, 4) is 0 Å². The average Bonchev–Trinajstić information content (AvgIpc) is 2.68. The van der Waals surface area contributed by atoms with Crippen molar-refractivity contribution in [2.75, 3.05) is 7.05 Å². The van der Waals surface area contributed by atoms with E-state index in [1.165, 1.54) is 37.8 Å². The minimum Gasteiger partial charge on any atom is -0.354 e. The molecule has 1 aliphatic rings. The number of aromatic nitrogens is 1. The molecule has 0 saturated heterocycles. The first-order valence-corrected chi connectivity index (χ1v) is 6.56. The lowest BCUT2D eigenvalue weighted by Crippen LogP contribution is -2.20. The van der Waals surface area contributed by atoms with Crippen molar-refractivity contribution >= 4 is 0 Å². The third-order valence-corrected chi connectivity index (χ3v) is 3.62. The van der Waals surface area contributed by atoms with Crippen LogP contribution in [0.25, 0.3) is 0 Å². The summed E-state index contributed by atoms with van der Waals surface area (Å²) in [5.74, 6) is 0.791. The van der Waals surface area contributed by atoms with Gasteiger partial charge in [-0.25, -0.2) is 0 Å². The van der Waals surface area contributed by atoms with Crippen LogP contribution in [0.1, 0.15) is 50.3 Å². The quantitative estimate of drug-likeness (QED) is 0.825. The van der Waals surface area contributed by atoms with Gasteiger partial charge in [-0.2, -0.15) is 0 Å². The number of rotatable bonds is 4. The summed E-state index contributed by atoms with van der Waals surface area (Å²) < 4.78 is 2.39. The Morgan fingerprint density at radius 3 is 2.94 bits per heavy atom. The molecular weight excluding hydrogens is 196 g/mol. The van der Waals surface area contributed by atoms with Crippen LogP contribution in [-0.4, -0.2) is 11.6 Å². The van der Waals surface area contributed by atoms with Gasteiger partial charge >= 0.3 is 0 Å². The minimum absolute atomic E-state index is 0.587. The lowest BCUT2D eigenvalue weighted by molar-refractivity contribution is 0.496. The first-order chi connectivity index (χ1) is 7.70. The fourth-order valence-corrected chi connectivity index (χ4v) is 2.58. The summed E-state index contributed by atoms with van der Waals surface area (Å²) in [5, 5.41) is 3.42. The van der Waals surface area contributed by atoms with Crippen LogP contribution < -0.4 is 5.32 Å². The molecule has 0 aromatic carbocycles.